The van der Waals surface area contributed by atoms with Crippen LogP contribution in [0.25, 0.3) is 0 Å². The van der Waals surface area contributed by atoms with Gasteiger partial charge in [0.15, 0.2) is 0 Å². The molecule has 0 amide bonds. The van der Waals surface area contributed by atoms with E-state index in [1.165, 1.54) is 39.2 Å². The Morgan fingerprint density at radius 2 is 1.33 bits per heavy atom. The highest BCUT2D eigenvalue weighted by Gasteiger charge is 2.50. The molecule has 4 aliphatic rings. The Balaban J connectivity index is 1.61. The molecule has 4 saturated carbocycles. The third kappa shape index (κ3) is 2.69. The third-order valence-electron chi connectivity index (χ3n) is 6.09. The lowest BCUT2D eigenvalue weighted by molar-refractivity contribution is -0.178. The molecule has 0 aromatic heterocycles. The van der Waals surface area contributed by atoms with Crippen molar-refractivity contribution in [3.63, 3.8) is 0 Å². The molecule has 4 rings (SSSR count). The van der Waals surface area contributed by atoms with Gasteiger partial charge in [-0.3, -0.25) is 9.59 Å². The van der Waals surface area contributed by atoms with Gasteiger partial charge < -0.3 is 9.47 Å². The van der Waals surface area contributed by atoms with Gasteiger partial charge in [-0.25, -0.2) is 0 Å². The van der Waals surface area contributed by atoms with E-state index < -0.39 is 11.8 Å². The molecule has 21 heavy (non-hydrogen) atoms. The largest absolute Gasteiger partial charge is 0.469 e. The second kappa shape index (κ2) is 5.62. The van der Waals surface area contributed by atoms with Crippen molar-refractivity contribution < 1.29 is 19.1 Å². The fourth-order valence-corrected chi connectivity index (χ4v) is 4.90. The fraction of sp³-hybridized carbons (Fsp3) is 0.882. The summed E-state index contributed by atoms with van der Waals surface area (Å²) in [5, 5.41) is 0. The van der Waals surface area contributed by atoms with Gasteiger partial charge in [-0.15, -0.1) is 0 Å². The predicted molar refractivity (Wildman–Crippen MR) is 77.3 cm³/mol. The van der Waals surface area contributed by atoms with Gasteiger partial charge in [-0.2, -0.15) is 0 Å². The van der Waals surface area contributed by atoms with Crippen LogP contribution in [0.2, 0.25) is 0 Å². The molecule has 4 bridgehead atoms. The Morgan fingerprint density at radius 3 is 1.81 bits per heavy atom. The van der Waals surface area contributed by atoms with Crippen molar-refractivity contribution in [1.29, 1.82) is 0 Å². The average Bonchev–Trinajstić information content (AvgIpc) is 2.47. The molecule has 0 aromatic carbocycles. The Bertz CT molecular complexity index is 403. The van der Waals surface area contributed by atoms with Gasteiger partial charge in [0.05, 0.1) is 18.9 Å². The number of methoxy groups -OCH3 is 1. The first-order valence-electron chi connectivity index (χ1n) is 8.27. The summed E-state index contributed by atoms with van der Waals surface area (Å²) in [5.74, 6) is 1.41. The summed E-state index contributed by atoms with van der Waals surface area (Å²) < 4.78 is 10.6. The molecule has 0 aliphatic heterocycles. The Labute approximate surface area is 126 Å². The lowest BCUT2D eigenvalue weighted by Crippen LogP contribution is -2.50. The highest BCUT2D eigenvalue weighted by Crippen LogP contribution is 2.54. The SMILES string of the molecule is COC(=O)C(C)C(C)C(=O)OC1C2CC3CC(C2)CC1C3. The van der Waals surface area contributed by atoms with Gasteiger partial charge >= 0.3 is 11.9 Å². The molecule has 0 spiro atoms. The molecule has 2 atom stereocenters. The highest BCUT2D eigenvalue weighted by molar-refractivity contribution is 5.81. The molecular formula is C17H26O4. The molecule has 118 valence electrons. The third-order valence-corrected chi connectivity index (χ3v) is 6.09. The quantitative estimate of drug-likeness (QED) is 0.748. The first-order chi connectivity index (χ1) is 9.99. The zero-order valence-electron chi connectivity index (χ0n) is 13.2. The van der Waals surface area contributed by atoms with Crippen molar-refractivity contribution in [2.24, 2.45) is 35.5 Å². The Hall–Kier alpha value is -1.06. The predicted octanol–water partition coefficient (Wildman–Crippen LogP) is 2.80. The normalized spacial score (nSPS) is 39.7. The van der Waals surface area contributed by atoms with Gasteiger partial charge in [0.2, 0.25) is 0 Å². The van der Waals surface area contributed by atoms with Gasteiger partial charge in [-0.1, -0.05) is 13.8 Å². The second-order valence-electron chi connectivity index (χ2n) is 7.43. The second-order valence-corrected chi connectivity index (χ2v) is 7.43. The van der Waals surface area contributed by atoms with E-state index in [0.717, 1.165) is 11.8 Å². The van der Waals surface area contributed by atoms with E-state index in [1.54, 1.807) is 13.8 Å². The van der Waals surface area contributed by atoms with Crippen LogP contribution in [0.1, 0.15) is 46.0 Å². The maximum Gasteiger partial charge on any atom is 0.309 e. The van der Waals surface area contributed by atoms with Gasteiger partial charge in [0.1, 0.15) is 6.10 Å². The van der Waals surface area contributed by atoms with Crippen LogP contribution in [0.15, 0.2) is 0 Å². The lowest BCUT2D eigenvalue weighted by Gasteiger charge is -2.53. The van der Waals surface area contributed by atoms with Crippen molar-refractivity contribution in [2.45, 2.75) is 52.1 Å². The Morgan fingerprint density at radius 1 is 0.857 bits per heavy atom. The molecule has 4 nitrogen and oxygen atoms in total. The van der Waals surface area contributed by atoms with Crippen LogP contribution < -0.4 is 0 Å². The topological polar surface area (TPSA) is 52.6 Å². The molecule has 2 unspecified atom stereocenters. The van der Waals surface area contributed by atoms with Crippen molar-refractivity contribution in [1.82, 2.24) is 0 Å². The van der Waals surface area contributed by atoms with E-state index in [1.807, 2.05) is 0 Å². The molecule has 0 heterocycles. The van der Waals surface area contributed by atoms with Crippen LogP contribution in [-0.4, -0.2) is 25.2 Å². The van der Waals surface area contributed by atoms with Crippen molar-refractivity contribution in [3.05, 3.63) is 0 Å². The number of carbonyl (C=O) groups excluding carboxylic acids is 2. The molecule has 4 aliphatic carbocycles. The number of carbonyl (C=O) groups is 2. The lowest BCUT2D eigenvalue weighted by atomic mass is 9.55. The summed E-state index contributed by atoms with van der Waals surface area (Å²) in [7, 11) is 1.36. The van der Waals surface area contributed by atoms with Gasteiger partial charge in [0, 0.05) is 0 Å². The summed E-state index contributed by atoms with van der Waals surface area (Å²) >= 11 is 0. The molecule has 4 heteroatoms. The van der Waals surface area contributed by atoms with Crippen molar-refractivity contribution >= 4 is 11.9 Å². The molecule has 0 N–H and O–H groups in total. The summed E-state index contributed by atoms with van der Waals surface area (Å²) in [6.07, 6.45) is 6.40. The summed E-state index contributed by atoms with van der Waals surface area (Å²) in [4.78, 5) is 23.9. The number of esters is 2. The van der Waals surface area contributed by atoms with E-state index in [0.29, 0.717) is 11.8 Å². The summed E-state index contributed by atoms with van der Waals surface area (Å²) in [5.41, 5.74) is 0. The molecule has 4 fully saturated rings. The van der Waals surface area contributed by atoms with Crippen LogP contribution in [0, 0.1) is 35.5 Å². The molecule has 0 aromatic rings. The fourth-order valence-electron chi connectivity index (χ4n) is 4.90. The standard InChI is InChI=1S/C17H26O4/c1-9(16(18)20-3)10(2)17(19)21-15-13-5-11-4-12(7-13)8-14(15)6-11/h9-15H,4-8H2,1-3H3. The maximum absolute atomic E-state index is 12.4. The minimum atomic E-state index is -0.445. The van der Waals surface area contributed by atoms with Crippen LogP contribution in [-0.2, 0) is 19.1 Å². The van der Waals surface area contributed by atoms with Gasteiger partial charge in [-0.05, 0) is 55.8 Å². The summed E-state index contributed by atoms with van der Waals surface area (Å²) in [6.45, 7) is 3.49. The zero-order valence-corrected chi connectivity index (χ0v) is 13.2. The number of ether oxygens (including phenoxy) is 2. The van der Waals surface area contributed by atoms with Crippen molar-refractivity contribution in [3.8, 4) is 0 Å². The van der Waals surface area contributed by atoms with Crippen molar-refractivity contribution in [2.75, 3.05) is 7.11 Å². The van der Waals surface area contributed by atoms with Crippen LogP contribution >= 0.6 is 0 Å². The molecule has 0 saturated heterocycles. The molecular weight excluding hydrogens is 268 g/mol. The number of hydrogen-bond donors (Lipinski definition) is 0. The minimum absolute atomic E-state index is 0.0950. The van der Waals surface area contributed by atoms with E-state index in [9.17, 15) is 9.59 Å². The smallest absolute Gasteiger partial charge is 0.309 e. The van der Waals surface area contributed by atoms with Crippen LogP contribution in [0.3, 0.4) is 0 Å². The average molecular weight is 294 g/mol. The first kappa shape index (κ1) is 14.9. The van der Waals surface area contributed by atoms with E-state index in [4.69, 9.17) is 9.47 Å². The zero-order chi connectivity index (χ0) is 15.1. The molecule has 0 radical (unpaired) electrons. The van der Waals surface area contributed by atoms with Crippen LogP contribution in [0.4, 0.5) is 0 Å². The number of rotatable bonds is 4. The maximum atomic E-state index is 12.4. The minimum Gasteiger partial charge on any atom is -0.469 e. The van der Waals surface area contributed by atoms with Gasteiger partial charge in [0.25, 0.3) is 0 Å². The monoisotopic (exact) mass is 294 g/mol. The van der Waals surface area contributed by atoms with E-state index in [-0.39, 0.29) is 18.0 Å². The summed E-state index contributed by atoms with van der Waals surface area (Å²) in [6, 6.07) is 0. The number of hydrogen-bond acceptors (Lipinski definition) is 4. The van der Waals surface area contributed by atoms with Crippen LogP contribution in [0.5, 0.6) is 0 Å². The van der Waals surface area contributed by atoms with E-state index >= 15 is 0 Å². The highest BCUT2D eigenvalue weighted by atomic mass is 16.5. The Kier molecular flexibility index (Phi) is 3.98. The van der Waals surface area contributed by atoms with E-state index in [2.05, 4.69) is 0 Å². The first-order valence-corrected chi connectivity index (χ1v) is 8.27.